The molecule has 1 amide bonds. The first-order valence-electron chi connectivity index (χ1n) is 5.89. The van der Waals surface area contributed by atoms with Gasteiger partial charge in [-0.1, -0.05) is 35.3 Å². The third kappa shape index (κ3) is 4.27. The number of rotatable bonds is 4. The predicted octanol–water partition coefficient (Wildman–Crippen LogP) is 4.36. The highest BCUT2D eigenvalue weighted by molar-refractivity contribution is 9.10. The quantitative estimate of drug-likeness (QED) is 0.763. The zero-order valence-corrected chi connectivity index (χ0v) is 13.8. The molecule has 2 rings (SSSR count). The van der Waals surface area contributed by atoms with Crippen LogP contribution in [0, 0.1) is 0 Å². The van der Waals surface area contributed by atoms with Crippen molar-refractivity contribution in [2.24, 2.45) is 0 Å². The summed E-state index contributed by atoms with van der Waals surface area (Å²) in [6.45, 7) is -0.199. The Morgan fingerprint density at radius 3 is 2.67 bits per heavy atom. The SMILES string of the molecule is Nc1cc(Cl)cc(Br)c1OCC(=O)Nc1ccccc1Cl. The van der Waals surface area contributed by atoms with Gasteiger partial charge in [0.2, 0.25) is 0 Å². The van der Waals surface area contributed by atoms with Gasteiger partial charge in [-0.3, -0.25) is 4.79 Å². The van der Waals surface area contributed by atoms with E-state index in [0.29, 0.717) is 31.6 Å². The molecule has 0 unspecified atom stereocenters. The molecule has 0 aliphatic carbocycles. The Hall–Kier alpha value is -1.43. The summed E-state index contributed by atoms with van der Waals surface area (Å²) in [5, 5.41) is 3.59. The number of hydrogen-bond acceptors (Lipinski definition) is 3. The van der Waals surface area contributed by atoms with Crippen molar-refractivity contribution in [3.63, 3.8) is 0 Å². The number of carbonyl (C=O) groups is 1. The normalized spacial score (nSPS) is 10.2. The van der Waals surface area contributed by atoms with Gasteiger partial charge in [-0.2, -0.15) is 0 Å². The fourth-order valence-electron chi connectivity index (χ4n) is 1.62. The lowest BCUT2D eigenvalue weighted by Gasteiger charge is -2.12. The van der Waals surface area contributed by atoms with Crippen LogP contribution < -0.4 is 15.8 Å². The highest BCUT2D eigenvalue weighted by atomic mass is 79.9. The van der Waals surface area contributed by atoms with Crippen molar-refractivity contribution in [2.75, 3.05) is 17.7 Å². The molecule has 0 aromatic heterocycles. The van der Waals surface area contributed by atoms with Crippen LogP contribution in [0.3, 0.4) is 0 Å². The second kappa shape index (κ2) is 7.02. The Morgan fingerprint density at radius 2 is 2.00 bits per heavy atom. The van der Waals surface area contributed by atoms with E-state index in [-0.39, 0.29) is 12.5 Å². The van der Waals surface area contributed by atoms with E-state index in [1.54, 1.807) is 36.4 Å². The van der Waals surface area contributed by atoms with Crippen LogP contribution in [0.5, 0.6) is 5.75 Å². The number of ether oxygens (including phenoxy) is 1. The van der Waals surface area contributed by atoms with Crippen LogP contribution >= 0.6 is 39.1 Å². The molecule has 0 aliphatic rings. The zero-order valence-electron chi connectivity index (χ0n) is 10.7. The van der Waals surface area contributed by atoms with Gasteiger partial charge in [0.25, 0.3) is 5.91 Å². The van der Waals surface area contributed by atoms with Gasteiger partial charge < -0.3 is 15.8 Å². The van der Waals surface area contributed by atoms with E-state index in [0.717, 1.165) is 0 Å². The van der Waals surface area contributed by atoms with Crippen molar-refractivity contribution >= 4 is 56.4 Å². The van der Waals surface area contributed by atoms with E-state index < -0.39 is 0 Å². The molecule has 3 N–H and O–H groups in total. The van der Waals surface area contributed by atoms with Gasteiger partial charge >= 0.3 is 0 Å². The van der Waals surface area contributed by atoms with Crippen molar-refractivity contribution in [3.8, 4) is 5.75 Å². The van der Waals surface area contributed by atoms with Gasteiger partial charge in [-0.25, -0.2) is 0 Å². The van der Waals surface area contributed by atoms with Crippen molar-refractivity contribution in [1.29, 1.82) is 0 Å². The summed E-state index contributed by atoms with van der Waals surface area (Å²) in [6, 6.07) is 10.1. The van der Waals surface area contributed by atoms with Crippen LogP contribution in [-0.2, 0) is 4.79 Å². The molecule has 2 aromatic rings. The summed E-state index contributed by atoms with van der Waals surface area (Å²) in [5.41, 5.74) is 6.66. The first-order chi connectivity index (χ1) is 9.97. The minimum Gasteiger partial charge on any atom is -0.480 e. The zero-order chi connectivity index (χ0) is 15.4. The highest BCUT2D eigenvalue weighted by Crippen LogP contribution is 2.34. The number of amides is 1. The summed E-state index contributed by atoms with van der Waals surface area (Å²) in [6.07, 6.45) is 0. The van der Waals surface area contributed by atoms with Crippen LogP contribution in [0.1, 0.15) is 0 Å². The number of halogens is 3. The summed E-state index contributed by atoms with van der Waals surface area (Å²) in [4.78, 5) is 11.9. The average Bonchev–Trinajstić information content (AvgIpc) is 2.40. The molecule has 0 saturated heterocycles. The van der Waals surface area contributed by atoms with Crippen LogP contribution in [0.15, 0.2) is 40.9 Å². The molecular weight excluding hydrogens is 379 g/mol. The molecule has 0 aliphatic heterocycles. The second-order valence-electron chi connectivity index (χ2n) is 4.12. The number of carbonyl (C=O) groups excluding carboxylic acids is 1. The molecule has 0 saturated carbocycles. The van der Waals surface area contributed by atoms with E-state index in [4.69, 9.17) is 33.7 Å². The lowest BCUT2D eigenvalue weighted by atomic mass is 10.3. The molecule has 0 atom stereocenters. The first-order valence-corrected chi connectivity index (χ1v) is 7.44. The lowest BCUT2D eigenvalue weighted by Crippen LogP contribution is -2.20. The molecule has 0 spiro atoms. The molecule has 4 nitrogen and oxygen atoms in total. The summed E-state index contributed by atoms with van der Waals surface area (Å²) in [7, 11) is 0. The molecular formula is C14H11BrCl2N2O2. The second-order valence-corrected chi connectivity index (χ2v) is 5.82. The topological polar surface area (TPSA) is 64.3 Å². The largest absolute Gasteiger partial charge is 0.480 e. The number of para-hydroxylation sites is 1. The Balaban J connectivity index is 2.01. The van der Waals surface area contributed by atoms with Gasteiger partial charge in [0.15, 0.2) is 12.4 Å². The van der Waals surface area contributed by atoms with E-state index >= 15 is 0 Å². The number of hydrogen-bond donors (Lipinski definition) is 2. The molecule has 0 heterocycles. The molecule has 7 heteroatoms. The minimum atomic E-state index is -0.343. The van der Waals surface area contributed by atoms with E-state index in [2.05, 4.69) is 21.2 Å². The Morgan fingerprint density at radius 1 is 1.29 bits per heavy atom. The predicted molar refractivity (Wildman–Crippen MR) is 89.1 cm³/mol. The smallest absolute Gasteiger partial charge is 0.262 e. The van der Waals surface area contributed by atoms with Crippen molar-refractivity contribution in [3.05, 3.63) is 50.9 Å². The van der Waals surface area contributed by atoms with Crippen molar-refractivity contribution in [1.82, 2.24) is 0 Å². The van der Waals surface area contributed by atoms with Gasteiger partial charge in [-0.15, -0.1) is 0 Å². The van der Waals surface area contributed by atoms with E-state index in [1.807, 2.05) is 0 Å². The lowest BCUT2D eigenvalue weighted by molar-refractivity contribution is -0.118. The van der Waals surface area contributed by atoms with E-state index in [9.17, 15) is 4.79 Å². The Bertz CT molecular complexity index is 657. The van der Waals surface area contributed by atoms with Gasteiger partial charge in [0.1, 0.15) is 0 Å². The summed E-state index contributed by atoms with van der Waals surface area (Å²) in [5.74, 6) is 0.0260. The molecule has 0 bridgehead atoms. The number of nitrogens with two attached hydrogens (primary N) is 1. The number of anilines is 2. The fourth-order valence-corrected chi connectivity index (χ4v) is 2.75. The van der Waals surface area contributed by atoms with Crippen molar-refractivity contribution < 1.29 is 9.53 Å². The van der Waals surface area contributed by atoms with Gasteiger partial charge in [0.05, 0.1) is 20.9 Å². The van der Waals surface area contributed by atoms with Crippen LogP contribution in [0.4, 0.5) is 11.4 Å². The maximum absolute atomic E-state index is 11.9. The number of nitrogen functional groups attached to an aromatic ring is 1. The van der Waals surface area contributed by atoms with Crippen LogP contribution in [0.2, 0.25) is 10.0 Å². The molecule has 0 radical (unpaired) electrons. The standard InChI is InChI=1S/C14H11BrCl2N2O2/c15-9-5-8(16)6-11(18)14(9)21-7-13(20)19-12-4-2-1-3-10(12)17/h1-6H,7,18H2,(H,19,20). The average molecular weight is 390 g/mol. The fraction of sp³-hybridized carbons (Fsp3) is 0.0714. The Labute approximate surface area is 140 Å². The van der Waals surface area contributed by atoms with Crippen LogP contribution in [-0.4, -0.2) is 12.5 Å². The third-order valence-electron chi connectivity index (χ3n) is 2.53. The monoisotopic (exact) mass is 388 g/mol. The molecule has 0 fully saturated rings. The summed E-state index contributed by atoms with van der Waals surface area (Å²) >= 11 is 15.1. The van der Waals surface area contributed by atoms with Crippen LogP contribution in [0.25, 0.3) is 0 Å². The van der Waals surface area contributed by atoms with Gasteiger partial charge in [-0.05, 0) is 40.2 Å². The first kappa shape index (κ1) is 15.9. The number of nitrogens with one attached hydrogen (secondary N) is 1. The molecule has 110 valence electrons. The molecule has 2 aromatic carbocycles. The maximum Gasteiger partial charge on any atom is 0.262 e. The van der Waals surface area contributed by atoms with Gasteiger partial charge in [0, 0.05) is 5.02 Å². The van der Waals surface area contributed by atoms with Crippen molar-refractivity contribution in [2.45, 2.75) is 0 Å². The highest BCUT2D eigenvalue weighted by Gasteiger charge is 2.11. The third-order valence-corrected chi connectivity index (χ3v) is 3.67. The maximum atomic E-state index is 11.9. The minimum absolute atomic E-state index is 0.199. The van der Waals surface area contributed by atoms with E-state index in [1.165, 1.54) is 0 Å². The summed E-state index contributed by atoms with van der Waals surface area (Å²) < 4.78 is 5.99. The Kier molecular flexibility index (Phi) is 5.33. The molecule has 21 heavy (non-hydrogen) atoms. The number of benzene rings is 2.